The van der Waals surface area contributed by atoms with E-state index >= 15 is 0 Å². The minimum Gasteiger partial charge on any atom is -0.507 e. The second-order valence-electron chi connectivity index (χ2n) is 4.47. The summed E-state index contributed by atoms with van der Waals surface area (Å²) in [6.07, 6.45) is 0. The molecule has 4 nitrogen and oxygen atoms in total. The molecule has 2 aromatic rings. The lowest BCUT2D eigenvalue weighted by Gasteiger charge is -2.09. The molecular weight excluding hydrogens is 380 g/mol. The highest BCUT2D eigenvalue weighted by Gasteiger charge is 2.26. The van der Waals surface area contributed by atoms with Gasteiger partial charge in [0.1, 0.15) is 5.75 Å². The van der Waals surface area contributed by atoms with Gasteiger partial charge in [0.15, 0.2) is 0 Å². The van der Waals surface area contributed by atoms with E-state index in [9.17, 15) is 22.3 Å². The normalized spacial score (nSPS) is 11.6. The molecule has 0 unspecified atom stereocenters. The molecule has 2 N–H and O–H groups in total. The highest BCUT2D eigenvalue weighted by Crippen LogP contribution is 2.25. The standard InChI is InChI=1S/C14H12BrF2NO3S/c15-12-7-9(1-6-13(12)19)8-18-10-2-4-11(5-3-10)22(20,21)14(16)17/h1-7,14,18-19H,8H2. The fourth-order valence-corrected chi connectivity index (χ4v) is 2.88. The first-order chi connectivity index (χ1) is 10.3. The van der Waals surface area contributed by atoms with Crippen molar-refractivity contribution in [3.8, 4) is 5.75 Å². The molecule has 0 aliphatic heterocycles. The fourth-order valence-electron chi connectivity index (χ4n) is 1.73. The molecule has 0 spiro atoms. The van der Waals surface area contributed by atoms with Crippen molar-refractivity contribution in [3.63, 3.8) is 0 Å². The van der Waals surface area contributed by atoms with Crippen LogP contribution in [0.2, 0.25) is 0 Å². The number of hydrogen-bond acceptors (Lipinski definition) is 4. The summed E-state index contributed by atoms with van der Waals surface area (Å²) in [5.41, 5.74) is 1.48. The van der Waals surface area contributed by atoms with Crippen molar-refractivity contribution in [2.75, 3.05) is 5.32 Å². The van der Waals surface area contributed by atoms with Gasteiger partial charge in [-0.2, -0.15) is 8.78 Å². The van der Waals surface area contributed by atoms with Gasteiger partial charge in [-0.25, -0.2) is 8.42 Å². The molecule has 0 heterocycles. The number of phenolic OH excluding ortho intramolecular Hbond substituents is 1. The number of rotatable bonds is 5. The Morgan fingerprint density at radius 2 is 1.77 bits per heavy atom. The zero-order chi connectivity index (χ0) is 16.3. The Bertz CT molecular complexity index is 764. The molecule has 0 fully saturated rings. The topological polar surface area (TPSA) is 66.4 Å². The number of sulfone groups is 1. The van der Waals surface area contributed by atoms with E-state index < -0.39 is 20.5 Å². The Balaban J connectivity index is 2.07. The molecule has 118 valence electrons. The summed E-state index contributed by atoms with van der Waals surface area (Å²) < 4.78 is 48.0. The van der Waals surface area contributed by atoms with Gasteiger partial charge in [0.25, 0.3) is 0 Å². The van der Waals surface area contributed by atoms with Crippen LogP contribution in [0.5, 0.6) is 5.75 Å². The Kier molecular flexibility index (Phi) is 5.02. The predicted octanol–water partition coefficient (Wildman–Crippen LogP) is 3.76. The van der Waals surface area contributed by atoms with Gasteiger partial charge in [-0.15, -0.1) is 0 Å². The highest BCUT2D eigenvalue weighted by atomic mass is 79.9. The van der Waals surface area contributed by atoms with Gasteiger partial charge in [-0.3, -0.25) is 0 Å². The van der Waals surface area contributed by atoms with Crippen molar-refractivity contribution in [2.45, 2.75) is 17.2 Å². The molecule has 0 atom stereocenters. The SMILES string of the molecule is O=S(=O)(c1ccc(NCc2ccc(O)c(Br)c2)cc1)C(F)F. The summed E-state index contributed by atoms with van der Waals surface area (Å²) in [7, 11) is -4.57. The Morgan fingerprint density at radius 1 is 1.14 bits per heavy atom. The molecule has 2 rings (SSSR count). The number of benzene rings is 2. The molecule has 0 saturated heterocycles. The van der Waals surface area contributed by atoms with Crippen LogP contribution in [0.4, 0.5) is 14.5 Å². The van der Waals surface area contributed by atoms with Gasteiger partial charge >= 0.3 is 5.76 Å². The van der Waals surface area contributed by atoms with Gasteiger partial charge < -0.3 is 10.4 Å². The van der Waals surface area contributed by atoms with E-state index in [1.54, 1.807) is 18.2 Å². The number of nitrogens with one attached hydrogen (secondary N) is 1. The molecule has 8 heteroatoms. The Morgan fingerprint density at radius 3 is 2.32 bits per heavy atom. The van der Waals surface area contributed by atoms with E-state index in [2.05, 4.69) is 21.2 Å². The molecule has 2 aromatic carbocycles. The molecular formula is C14H12BrF2NO3S. The zero-order valence-corrected chi connectivity index (χ0v) is 13.5. The van der Waals surface area contributed by atoms with E-state index in [0.29, 0.717) is 16.7 Å². The van der Waals surface area contributed by atoms with E-state index in [4.69, 9.17) is 0 Å². The maximum atomic E-state index is 12.4. The lowest BCUT2D eigenvalue weighted by molar-refractivity contribution is 0.234. The highest BCUT2D eigenvalue weighted by molar-refractivity contribution is 9.10. The second kappa shape index (κ2) is 6.62. The van der Waals surface area contributed by atoms with Crippen molar-refractivity contribution < 1.29 is 22.3 Å². The van der Waals surface area contributed by atoms with E-state index in [1.165, 1.54) is 12.1 Å². The fraction of sp³-hybridized carbons (Fsp3) is 0.143. The third-order valence-corrected chi connectivity index (χ3v) is 4.96. The number of alkyl halides is 2. The third kappa shape index (κ3) is 3.75. The minimum atomic E-state index is -4.57. The van der Waals surface area contributed by atoms with E-state index in [0.717, 1.165) is 17.7 Å². The van der Waals surface area contributed by atoms with Gasteiger partial charge in [0, 0.05) is 12.2 Å². The van der Waals surface area contributed by atoms with Crippen molar-refractivity contribution in [1.29, 1.82) is 0 Å². The molecule has 0 aromatic heterocycles. The number of anilines is 1. The lowest BCUT2D eigenvalue weighted by Crippen LogP contribution is -2.11. The van der Waals surface area contributed by atoms with E-state index in [1.807, 2.05) is 0 Å². The van der Waals surface area contributed by atoms with Crippen LogP contribution in [-0.2, 0) is 16.4 Å². The largest absolute Gasteiger partial charge is 0.507 e. The molecule has 0 saturated carbocycles. The van der Waals surface area contributed by atoms with Gasteiger partial charge in [-0.1, -0.05) is 6.07 Å². The van der Waals surface area contributed by atoms with Crippen LogP contribution >= 0.6 is 15.9 Å². The zero-order valence-electron chi connectivity index (χ0n) is 11.1. The van der Waals surface area contributed by atoms with Crippen molar-refractivity contribution in [1.82, 2.24) is 0 Å². The second-order valence-corrected chi connectivity index (χ2v) is 7.24. The van der Waals surface area contributed by atoms with Gasteiger partial charge in [-0.05, 0) is 57.9 Å². The van der Waals surface area contributed by atoms with Crippen molar-refractivity contribution in [2.24, 2.45) is 0 Å². The maximum absolute atomic E-state index is 12.4. The Hall–Kier alpha value is -1.67. The number of aromatic hydroxyl groups is 1. The summed E-state index contributed by atoms with van der Waals surface area (Å²) >= 11 is 3.20. The molecule has 22 heavy (non-hydrogen) atoms. The van der Waals surface area contributed by atoms with Crippen molar-refractivity contribution >= 4 is 31.5 Å². The molecule has 0 bridgehead atoms. The van der Waals surface area contributed by atoms with Crippen LogP contribution in [0.1, 0.15) is 5.56 Å². The first kappa shape index (κ1) is 16.7. The smallest absolute Gasteiger partial charge is 0.341 e. The van der Waals surface area contributed by atoms with Gasteiger partial charge in [0.05, 0.1) is 9.37 Å². The minimum absolute atomic E-state index is 0.130. The van der Waals surface area contributed by atoms with Crippen LogP contribution in [0.25, 0.3) is 0 Å². The quantitative estimate of drug-likeness (QED) is 0.813. The summed E-state index contributed by atoms with van der Waals surface area (Å²) in [6.45, 7) is 0.430. The van der Waals surface area contributed by atoms with Crippen LogP contribution in [0.15, 0.2) is 51.8 Å². The van der Waals surface area contributed by atoms with Crippen molar-refractivity contribution in [3.05, 3.63) is 52.5 Å². The molecule has 0 aliphatic rings. The third-order valence-electron chi connectivity index (χ3n) is 2.93. The summed E-state index contributed by atoms with van der Waals surface area (Å²) in [4.78, 5) is -0.416. The Labute approximate surface area is 134 Å². The summed E-state index contributed by atoms with van der Waals surface area (Å²) in [5, 5.41) is 12.4. The van der Waals surface area contributed by atoms with Crippen LogP contribution in [-0.4, -0.2) is 19.3 Å². The van der Waals surface area contributed by atoms with Gasteiger partial charge in [0.2, 0.25) is 9.84 Å². The van der Waals surface area contributed by atoms with E-state index in [-0.39, 0.29) is 5.75 Å². The number of hydrogen-bond donors (Lipinski definition) is 2. The molecule has 0 aliphatic carbocycles. The lowest BCUT2D eigenvalue weighted by atomic mass is 10.2. The van der Waals surface area contributed by atoms with Crippen LogP contribution in [0.3, 0.4) is 0 Å². The number of halogens is 3. The monoisotopic (exact) mass is 391 g/mol. The molecule has 0 radical (unpaired) electrons. The maximum Gasteiger partial charge on any atom is 0.341 e. The summed E-state index contributed by atoms with van der Waals surface area (Å²) in [5.74, 6) is -3.30. The van der Waals surface area contributed by atoms with Crippen LogP contribution in [0, 0.1) is 0 Å². The summed E-state index contributed by atoms with van der Waals surface area (Å²) in [6, 6.07) is 10.1. The average molecular weight is 392 g/mol. The first-order valence-electron chi connectivity index (χ1n) is 6.14. The average Bonchev–Trinajstić information content (AvgIpc) is 2.49. The number of phenols is 1. The first-order valence-corrected chi connectivity index (χ1v) is 8.48. The van der Waals surface area contributed by atoms with Crippen LogP contribution < -0.4 is 5.32 Å². The predicted molar refractivity (Wildman–Crippen MR) is 82.8 cm³/mol. The molecule has 0 amide bonds.